The number of sulfonamides is 1. The molecule has 22 heavy (non-hydrogen) atoms. The third-order valence-electron chi connectivity index (χ3n) is 3.22. The minimum Gasteiger partial charge on any atom is -0.493 e. The molecule has 1 aromatic rings. The summed E-state index contributed by atoms with van der Waals surface area (Å²) < 4.78 is 42.4. The molecule has 1 saturated heterocycles. The van der Waals surface area contributed by atoms with Gasteiger partial charge in [0.2, 0.25) is 10.0 Å². The largest absolute Gasteiger partial charge is 0.493 e. The Balaban J connectivity index is 2.32. The minimum absolute atomic E-state index is 0.0109. The van der Waals surface area contributed by atoms with Crippen molar-refractivity contribution in [2.75, 3.05) is 26.9 Å². The quantitative estimate of drug-likeness (QED) is 0.781. The van der Waals surface area contributed by atoms with Crippen molar-refractivity contribution >= 4 is 16.0 Å². The molecule has 1 unspecified atom stereocenters. The van der Waals surface area contributed by atoms with Gasteiger partial charge in [0.05, 0.1) is 25.2 Å². The average molecular weight is 329 g/mol. The van der Waals surface area contributed by atoms with Crippen molar-refractivity contribution in [3.05, 3.63) is 23.8 Å². The number of methoxy groups -OCH3 is 1. The Labute approximate surface area is 129 Å². The predicted molar refractivity (Wildman–Crippen MR) is 78.5 cm³/mol. The molecule has 1 heterocycles. The Bertz CT molecular complexity index is 637. The lowest BCUT2D eigenvalue weighted by molar-refractivity contribution is 0.0596. The lowest BCUT2D eigenvalue weighted by Gasteiger charge is -2.14. The fraction of sp³-hybridized carbons (Fsp3) is 0.500. The highest BCUT2D eigenvalue weighted by molar-refractivity contribution is 7.89. The number of ether oxygens (including phenoxy) is 3. The van der Waals surface area contributed by atoms with Gasteiger partial charge in [0.25, 0.3) is 0 Å². The first kappa shape index (κ1) is 16.7. The molecule has 0 aromatic heterocycles. The van der Waals surface area contributed by atoms with Gasteiger partial charge in [0.15, 0.2) is 0 Å². The summed E-state index contributed by atoms with van der Waals surface area (Å²) in [6, 6.07) is 3.86. The second kappa shape index (κ2) is 7.08. The number of hydrogen-bond donors (Lipinski definition) is 1. The molecule has 1 aliphatic heterocycles. The Hall–Kier alpha value is -1.64. The standard InChI is InChI=1S/C14H19NO6S/c1-3-21-13-5-4-11(8-12(13)14(16)19-2)22(17,18)15-10-6-7-20-9-10/h4-5,8,10,15H,3,6-7,9H2,1-2H3. The van der Waals surface area contributed by atoms with Gasteiger partial charge in [-0.15, -0.1) is 0 Å². The lowest BCUT2D eigenvalue weighted by atomic mass is 10.2. The Kier molecular flexibility index (Phi) is 5.38. The van der Waals surface area contributed by atoms with Crippen molar-refractivity contribution in [2.45, 2.75) is 24.3 Å². The fourth-order valence-corrected chi connectivity index (χ4v) is 3.42. The van der Waals surface area contributed by atoms with Gasteiger partial charge in [0.1, 0.15) is 11.3 Å². The number of nitrogens with one attached hydrogen (secondary N) is 1. The molecular weight excluding hydrogens is 310 g/mol. The summed E-state index contributed by atoms with van der Waals surface area (Å²) in [5.41, 5.74) is 0.0786. The van der Waals surface area contributed by atoms with Gasteiger partial charge >= 0.3 is 5.97 Å². The maximum atomic E-state index is 12.4. The molecule has 0 saturated carbocycles. The number of esters is 1. The summed E-state index contributed by atoms with van der Waals surface area (Å²) in [5.74, 6) is -0.359. The van der Waals surface area contributed by atoms with Gasteiger partial charge in [-0.3, -0.25) is 0 Å². The van der Waals surface area contributed by atoms with E-state index >= 15 is 0 Å². The van der Waals surface area contributed by atoms with Gasteiger partial charge in [-0.1, -0.05) is 0 Å². The van der Waals surface area contributed by atoms with Gasteiger partial charge in [-0.2, -0.15) is 0 Å². The molecule has 1 N–H and O–H groups in total. The molecule has 0 bridgehead atoms. The lowest BCUT2D eigenvalue weighted by Crippen LogP contribution is -2.35. The van der Waals surface area contributed by atoms with E-state index in [-0.39, 0.29) is 22.3 Å². The van der Waals surface area contributed by atoms with Crippen LogP contribution in [0.4, 0.5) is 0 Å². The van der Waals surface area contributed by atoms with Gasteiger partial charge in [-0.25, -0.2) is 17.9 Å². The molecule has 0 spiro atoms. The molecule has 0 aliphatic carbocycles. The van der Waals surface area contributed by atoms with Crippen LogP contribution in [0.1, 0.15) is 23.7 Å². The number of carbonyl (C=O) groups is 1. The maximum absolute atomic E-state index is 12.4. The van der Waals surface area contributed by atoms with Crippen LogP contribution in [0.3, 0.4) is 0 Å². The summed E-state index contributed by atoms with van der Waals surface area (Å²) in [6.45, 7) is 3.01. The highest BCUT2D eigenvalue weighted by Crippen LogP contribution is 2.24. The molecular formula is C14H19NO6S. The van der Waals surface area contributed by atoms with Crippen LogP contribution in [0.5, 0.6) is 5.75 Å². The summed E-state index contributed by atoms with van der Waals surface area (Å²) >= 11 is 0. The average Bonchev–Trinajstić information content (AvgIpc) is 2.99. The van der Waals surface area contributed by atoms with Crippen LogP contribution in [0.15, 0.2) is 23.1 Å². The number of benzene rings is 1. The van der Waals surface area contributed by atoms with Crippen LogP contribution in [-0.2, 0) is 19.5 Å². The number of rotatable bonds is 6. The molecule has 0 amide bonds. The van der Waals surface area contributed by atoms with Crippen LogP contribution < -0.4 is 9.46 Å². The third-order valence-corrected chi connectivity index (χ3v) is 4.74. The van der Waals surface area contributed by atoms with Gasteiger partial charge in [0, 0.05) is 12.6 Å². The number of hydrogen-bond acceptors (Lipinski definition) is 6. The first-order valence-electron chi connectivity index (χ1n) is 6.93. The Morgan fingerprint density at radius 2 is 2.23 bits per heavy atom. The van der Waals surface area contributed by atoms with E-state index in [1.54, 1.807) is 6.92 Å². The summed E-state index contributed by atoms with van der Waals surface area (Å²) in [5, 5.41) is 0. The van der Waals surface area contributed by atoms with Crippen LogP contribution in [0, 0.1) is 0 Å². The highest BCUT2D eigenvalue weighted by Gasteiger charge is 2.25. The summed E-state index contributed by atoms with van der Waals surface area (Å²) in [4.78, 5) is 11.8. The van der Waals surface area contributed by atoms with Crippen LogP contribution in [-0.4, -0.2) is 47.4 Å². The minimum atomic E-state index is -3.73. The van der Waals surface area contributed by atoms with E-state index in [2.05, 4.69) is 9.46 Å². The van der Waals surface area contributed by atoms with E-state index in [4.69, 9.17) is 9.47 Å². The van der Waals surface area contributed by atoms with E-state index in [0.29, 0.717) is 26.2 Å². The van der Waals surface area contributed by atoms with Crippen molar-refractivity contribution < 1.29 is 27.4 Å². The fourth-order valence-electron chi connectivity index (χ4n) is 2.14. The van der Waals surface area contributed by atoms with Crippen LogP contribution in [0.2, 0.25) is 0 Å². The zero-order valence-corrected chi connectivity index (χ0v) is 13.3. The second-order valence-corrected chi connectivity index (χ2v) is 6.48. The first-order valence-corrected chi connectivity index (χ1v) is 8.41. The molecule has 1 atom stereocenters. The zero-order valence-electron chi connectivity index (χ0n) is 12.5. The smallest absolute Gasteiger partial charge is 0.341 e. The van der Waals surface area contributed by atoms with Crippen LogP contribution in [0.25, 0.3) is 0 Å². The molecule has 8 heteroatoms. The molecule has 1 fully saturated rings. The van der Waals surface area contributed by atoms with E-state index in [0.717, 1.165) is 0 Å². The van der Waals surface area contributed by atoms with E-state index in [1.165, 1.54) is 25.3 Å². The summed E-state index contributed by atoms with van der Waals surface area (Å²) in [7, 11) is -2.50. The molecule has 2 rings (SSSR count). The maximum Gasteiger partial charge on any atom is 0.341 e. The monoisotopic (exact) mass is 329 g/mol. The number of carbonyl (C=O) groups excluding carboxylic acids is 1. The van der Waals surface area contributed by atoms with Crippen molar-refractivity contribution in [2.24, 2.45) is 0 Å². The van der Waals surface area contributed by atoms with E-state index in [9.17, 15) is 13.2 Å². The van der Waals surface area contributed by atoms with Gasteiger partial charge < -0.3 is 14.2 Å². The summed E-state index contributed by atoms with van der Waals surface area (Å²) in [6.07, 6.45) is 0.625. The van der Waals surface area contributed by atoms with Crippen molar-refractivity contribution in [3.8, 4) is 5.75 Å². The Morgan fingerprint density at radius 3 is 2.82 bits per heavy atom. The van der Waals surface area contributed by atoms with Crippen molar-refractivity contribution in [3.63, 3.8) is 0 Å². The van der Waals surface area contributed by atoms with E-state index < -0.39 is 16.0 Å². The zero-order chi connectivity index (χ0) is 16.2. The molecule has 1 aliphatic rings. The second-order valence-electron chi connectivity index (χ2n) is 4.76. The van der Waals surface area contributed by atoms with Gasteiger partial charge in [-0.05, 0) is 31.5 Å². The molecule has 122 valence electrons. The van der Waals surface area contributed by atoms with Crippen molar-refractivity contribution in [1.82, 2.24) is 4.72 Å². The SMILES string of the molecule is CCOc1ccc(S(=O)(=O)NC2CCOC2)cc1C(=O)OC. The van der Waals surface area contributed by atoms with Crippen molar-refractivity contribution in [1.29, 1.82) is 0 Å². The predicted octanol–water partition coefficient (Wildman–Crippen LogP) is 0.939. The van der Waals surface area contributed by atoms with Crippen LogP contribution >= 0.6 is 0 Å². The molecule has 1 aromatic carbocycles. The Morgan fingerprint density at radius 1 is 1.45 bits per heavy atom. The normalized spacial score (nSPS) is 18.2. The highest BCUT2D eigenvalue weighted by atomic mass is 32.2. The first-order chi connectivity index (χ1) is 10.5. The molecule has 7 nitrogen and oxygen atoms in total. The third kappa shape index (κ3) is 3.76. The van der Waals surface area contributed by atoms with E-state index in [1.807, 2.05) is 0 Å². The molecule has 0 radical (unpaired) electrons. The topological polar surface area (TPSA) is 90.9 Å².